The lowest BCUT2D eigenvalue weighted by Gasteiger charge is -2.07. The zero-order chi connectivity index (χ0) is 18.6. The fraction of sp³-hybridized carbons (Fsp3) is 0. The second kappa shape index (κ2) is 7.19. The number of thiazole rings is 1. The maximum Gasteiger partial charge on any atom is 0.276 e. The number of para-hydroxylation sites is 1. The van der Waals surface area contributed by atoms with Crippen molar-refractivity contribution in [1.82, 2.24) is 19.5 Å². The number of carbonyl (C=O) groups excluding carboxylic acids is 1. The third-order valence-corrected chi connectivity index (χ3v) is 4.64. The lowest BCUT2D eigenvalue weighted by molar-refractivity contribution is 0.102. The molecule has 3 aromatic heterocycles. The van der Waals surface area contributed by atoms with Crippen molar-refractivity contribution in [2.75, 3.05) is 5.32 Å². The number of rotatable bonds is 4. The molecule has 27 heavy (non-hydrogen) atoms. The van der Waals surface area contributed by atoms with Crippen LogP contribution in [0.3, 0.4) is 0 Å². The molecule has 4 aromatic rings. The van der Waals surface area contributed by atoms with E-state index in [4.69, 9.17) is 0 Å². The second-order valence-corrected chi connectivity index (χ2v) is 6.46. The number of anilines is 1. The summed E-state index contributed by atoms with van der Waals surface area (Å²) in [5.41, 5.74) is 2.23. The molecule has 0 radical (unpaired) electrons. The summed E-state index contributed by atoms with van der Waals surface area (Å²) < 4.78 is 1.69. The number of imidazole rings is 1. The molecule has 0 saturated carbocycles. The van der Waals surface area contributed by atoms with Gasteiger partial charge in [0.2, 0.25) is 0 Å². The van der Waals surface area contributed by atoms with Gasteiger partial charge in [-0.2, -0.15) is 5.26 Å². The number of hydrogen-bond donors (Lipinski definition) is 1. The molecule has 0 unspecified atom stereocenters. The molecule has 4 rings (SSSR count). The van der Waals surface area contributed by atoms with Gasteiger partial charge in [-0.1, -0.05) is 35.6 Å². The Morgan fingerprint density at radius 1 is 1.15 bits per heavy atom. The molecule has 130 valence electrons. The van der Waals surface area contributed by atoms with E-state index in [0.29, 0.717) is 27.1 Å². The highest BCUT2D eigenvalue weighted by molar-refractivity contribution is 7.16. The Kier molecular flexibility index (Phi) is 4.43. The van der Waals surface area contributed by atoms with Crippen LogP contribution in [-0.4, -0.2) is 25.4 Å². The molecule has 0 fully saturated rings. The SMILES string of the molecule is N#Cc1sc(NC(=O)c2cncn2-c2ccccc2)nc1-c1ccccn1. The summed E-state index contributed by atoms with van der Waals surface area (Å²) in [5.74, 6) is -0.359. The number of carbonyl (C=O) groups is 1. The van der Waals surface area contributed by atoms with E-state index in [2.05, 4.69) is 26.3 Å². The molecule has 0 atom stereocenters. The maximum absolute atomic E-state index is 12.7. The van der Waals surface area contributed by atoms with Crippen LogP contribution >= 0.6 is 11.3 Å². The summed E-state index contributed by atoms with van der Waals surface area (Å²) in [5, 5.41) is 12.4. The van der Waals surface area contributed by atoms with Crippen molar-refractivity contribution in [3.05, 3.63) is 77.8 Å². The number of nitrogens with zero attached hydrogens (tertiary/aromatic N) is 5. The van der Waals surface area contributed by atoms with Crippen LogP contribution in [0.25, 0.3) is 17.1 Å². The van der Waals surface area contributed by atoms with Gasteiger partial charge < -0.3 is 0 Å². The number of benzene rings is 1. The molecule has 0 spiro atoms. The first-order valence-electron chi connectivity index (χ1n) is 7.97. The van der Waals surface area contributed by atoms with Gasteiger partial charge in [-0.15, -0.1) is 0 Å². The highest BCUT2D eigenvalue weighted by Gasteiger charge is 2.18. The van der Waals surface area contributed by atoms with E-state index in [1.54, 1.807) is 29.2 Å². The summed E-state index contributed by atoms with van der Waals surface area (Å²) in [7, 11) is 0. The second-order valence-electron chi connectivity index (χ2n) is 5.46. The third kappa shape index (κ3) is 3.31. The topological polar surface area (TPSA) is 96.5 Å². The molecule has 0 bridgehead atoms. The fourth-order valence-corrected chi connectivity index (χ4v) is 3.31. The van der Waals surface area contributed by atoms with E-state index in [9.17, 15) is 10.1 Å². The quantitative estimate of drug-likeness (QED) is 0.591. The summed E-state index contributed by atoms with van der Waals surface area (Å²) >= 11 is 1.11. The van der Waals surface area contributed by atoms with Crippen LogP contribution in [0.2, 0.25) is 0 Å². The molecular formula is C19H12N6OS. The number of hydrogen-bond acceptors (Lipinski definition) is 6. The van der Waals surface area contributed by atoms with Gasteiger partial charge in [0.05, 0.1) is 18.2 Å². The third-order valence-electron chi connectivity index (χ3n) is 3.76. The first-order valence-corrected chi connectivity index (χ1v) is 8.79. The summed E-state index contributed by atoms with van der Waals surface area (Å²) in [6.07, 6.45) is 4.69. The van der Waals surface area contributed by atoms with E-state index in [0.717, 1.165) is 17.0 Å². The van der Waals surface area contributed by atoms with Crippen LogP contribution in [0.15, 0.2) is 67.3 Å². The molecule has 1 N–H and O–H groups in total. The van der Waals surface area contributed by atoms with Gasteiger partial charge in [-0.3, -0.25) is 19.7 Å². The van der Waals surface area contributed by atoms with Crippen molar-refractivity contribution in [2.45, 2.75) is 0 Å². The predicted octanol–water partition coefficient (Wildman–Crippen LogP) is 3.51. The molecule has 1 amide bonds. The zero-order valence-electron chi connectivity index (χ0n) is 13.9. The summed E-state index contributed by atoms with van der Waals surface area (Å²) in [6.45, 7) is 0. The van der Waals surface area contributed by atoms with Crippen LogP contribution in [0.5, 0.6) is 0 Å². The van der Waals surface area contributed by atoms with Gasteiger partial charge in [0.25, 0.3) is 5.91 Å². The molecule has 7 nitrogen and oxygen atoms in total. The first kappa shape index (κ1) is 16.6. The maximum atomic E-state index is 12.7. The molecule has 0 aliphatic carbocycles. The van der Waals surface area contributed by atoms with E-state index in [-0.39, 0.29) is 5.91 Å². The van der Waals surface area contributed by atoms with Crippen molar-refractivity contribution in [2.24, 2.45) is 0 Å². The lowest BCUT2D eigenvalue weighted by Crippen LogP contribution is -2.15. The van der Waals surface area contributed by atoms with Crippen molar-refractivity contribution < 1.29 is 4.79 Å². The lowest BCUT2D eigenvalue weighted by atomic mass is 10.2. The highest BCUT2D eigenvalue weighted by Crippen LogP contribution is 2.29. The average molecular weight is 372 g/mol. The average Bonchev–Trinajstić information content (AvgIpc) is 3.36. The number of nitriles is 1. The van der Waals surface area contributed by atoms with Crippen molar-refractivity contribution in [3.63, 3.8) is 0 Å². The van der Waals surface area contributed by atoms with Crippen LogP contribution in [0, 0.1) is 11.3 Å². The minimum atomic E-state index is -0.359. The van der Waals surface area contributed by atoms with E-state index >= 15 is 0 Å². The van der Waals surface area contributed by atoms with Crippen LogP contribution in [-0.2, 0) is 0 Å². The number of pyridine rings is 1. The Labute approximate surface area is 158 Å². The van der Waals surface area contributed by atoms with Gasteiger partial charge >= 0.3 is 0 Å². The summed E-state index contributed by atoms with van der Waals surface area (Å²) in [4.78, 5) is 25.8. The van der Waals surface area contributed by atoms with Crippen LogP contribution < -0.4 is 5.32 Å². The Morgan fingerprint density at radius 2 is 1.96 bits per heavy atom. The predicted molar refractivity (Wildman–Crippen MR) is 102 cm³/mol. The molecule has 8 heteroatoms. The summed E-state index contributed by atoms with van der Waals surface area (Å²) in [6, 6.07) is 16.9. The Balaban J connectivity index is 1.63. The Morgan fingerprint density at radius 3 is 2.70 bits per heavy atom. The molecule has 0 saturated heterocycles. The fourth-order valence-electron chi connectivity index (χ4n) is 2.54. The molecule has 0 aliphatic heterocycles. The number of amides is 1. The molecule has 1 aromatic carbocycles. The van der Waals surface area contributed by atoms with Crippen LogP contribution in [0.4, 0.5) is 5.13 Å². The number of aromatic nitrogens is 4. The number of nitrogens with one attached hydrogen (secondary N) is 1. The standard InChI is InChI=1S/C19H12N6OS/c20-10-16-17(14-8-4-5-9-22-14)23-19(27-16)24-18(26)15-11-21-12-25(15)13-6-2-1-3-7-13/h1-9,11-12H,(H,23,24,26). The molecule has 3 heterocycles. The van der Waals surface area contributed by atoms with E-state index < -0.39 is 0 Å². The smallest absolute Gasteiger partial charge is 0.276 e. The first-order chi connectivity index (χ1) is 13.3. The van der Waals surface area contributed by atoms with Gasteiger partial charge in [-0.25, -0.2) is 9.97 Å². The zero-order valence-corrected chi connectivity index (χ0v) is 14.7. The monoisotopic (exact) mass is 372 g/mol. The van der Waals surface area contributed by atoms with Gasteiger partial charge in [-0.05, 0) is 24.3 Å². The Hall–Kier alpha value is -3.83. The Bertz CT molecular complexity index is 1130. The molecule has 0 aliphatic rings. The van der Waals surface area contributed by atoms with Crippen molar-refractivity contribution in [1.29, 1.82) is 5.26 Å². The highest BCUT2D eigenvalue weighted by atomic mass is 32.1. The van der Waals surface area contributed by atoms with Crippen molar-refractivity contribution in [3.8, 4) is 23.1 Å². The van der Waals surface area contributed by atoms with Gasteiger partial charge in [0.1, 0.15) is 22.3 Å². The molecular weight excluding hydrogens is 360 g/mol. The van der Waals surface area contributed by atoms with Gasteiger partial charge in [0, 0.05) is 11.9 Å². The van der Waals surface area contributed by atoms with Gasteiger partial charge in [0.15, 0.2) is 5.13 Å². The largest absolute Gasteiger partial charge is 0.296 e. The minimum Gasteiger partial charge on any atom is -0.296 e. The van der Waals surface area contributed by atoms with Crippen LogP contribution in [0.1, 0.15) is 15.4 Å². The van der Waals surface area contributed by atoms with E-state index in [1.807, 2.05) is 36.4 Å². The van der Waals surface area contributed by atoms with Crippen molar-refractivity contribution >= 4 is 22.4 Å². The minimum absolute atomic E-state index is 0.331. The van der Waals surface area contributed by atoms with E-state index in [1.165, 1.54) is 6.20 Å². The normalized spacial score (nSPS) is 10.3.